The van der Waals surface area contributed by atoms with E-state index in [1.807, 2.05) is 27.0 Å². The lowest BCUT2D eigenvalue weighted by molar-refractivity contribution is -0.118. The van der Waals surface area contributed by atoms with Crippen molar-refractivity contribution < 1.29 is 9.53 Å². The van der Waals surface area contributed by atoms with Crippen molar-refractivity contribution in [3.05, 3.63) is 30.0 Å². The molecular weight excluding hydrogens is 252 g/mol. The van der Waals surface area contributed by atoms with Crippen LogP contribution in [0.3, 0.4) is 0 Å². The largest absolute Gasteiger partial charge is 0.491 e. The maximum atomic E-state index is 10.9. The minimum Gasteiger partial charge on any atom is -0.491 e. The molecule has 0 spiro atoms. The van der Waals surface area contributed by atoms with E-state index in [-0.39, 0.29) is 12.0 Å². The molecule has 0 aliphatic carbocycles. The second-order valence-electron chi connectivity index (χ2n) is 5.34. The molecule has 2 aromatic rings. The van der Waals surface area contributed by atoms with Gasteiger partial charge in [0.2, 0.25) is 5.91 Å². The Labute approximate surface area is 119 Å². The lowest BCUT2D eigenvalue weighted by Gasteiger charge is -2.10. The summed E-state index contributed by atoms with van der Waals surface area (Å²) in [6.07, 6.45) is 3.10. The highest BCUT2D eigenvalue weighted by atomic mass is 16.5. The SMILES string of the molecule is CC(=O)NCCc1cn(C)c2ccc(OC(C)C)cc12. The molecule has 0 aliphatic rings. The second-order valence-corrected chi connectivity index (χ2v) is 5.34. The molecule has 0 atom stereocenters. The van der Waals surface area contributed by atoms with E-state index in [1.165, 1.54) is 23.4 Å². The fourth-order valence-electron chi connectivity index (χ4n) is 2.37. The lowest BCUT2D eigenvalue weighted by atomic mass is 10.1. The van der Waals surface area contributed by atoms with E-state index >= 15 is 0 Å². The summed E-state index contributed by atoms with van der Waals surface area (Å²) in [6, 6.07) is 6.16. The number of carbonyl (C=O) groups excluding carboxylic acids is 1. The predicted molar refractivity (Wildman–Crippen MR) is 81.1 cm³/mol. The Hall–Kier alpha value is -1.97. The minimum absolute atomic E-state index is 0.00840. The Morgan fingerprint density at radius 2 is 2.15 bits per heavy atom. The maximum absolute atomic E-state index is 10.9. The molecule has 0 saturated carbocycles. The van der Waals surface area contributed by atoms with E-state index in [9.17, 15) is 4.79 Å². The normalized spacial score (nSPS) is 11.1. The fourth-order valence-corrected chi connectivity index (χ4v) is 2.37. The van der Waals surface area contributed by atoms with Crippen LogP contribution in [0.2, 0.25) is 0 Å². The molecule has 4 heteroatoms. The fraction of sp³-hybridized carbons (Fsp3) is 0.438. The number of rotatable bonds is 5. The molecule has 1 N–H and O–H groups in total. The number of nitrogens with one attached hydrogen (secondary N) is 1. The number of fused-ring (bicyclic) bond motifs is 1. The third-order valence-corrected chi connectivity index (χ3v) is 3.18. The van der Waals surface area contributed by atoms with Gasteiger partial charge in [-0.2, -0.15) is 0 Å². The molecule has 1 aromatic heterocycles. The van der Waals surface area contributed by atoms with Gasteiger partial charge in [-0.3, -0.25) is 4.79 Å². The van der Waals surface area contributed by atoms with Gasteiger partial charge in [0.15, 0.2) is 0 Å². The topological polar surface area (TPSA) is 43.3 Å². The Kier molecular flexibility index (Phi) is 4.32. The number of hydrogen-bond acceptors (Lipinski definition) is 2. The van der Waals surface area contributed by atoms with Crippen molar-refractivity contribution in [2.45, 2.75) is 33.3 Å². The van der Waals surface area contributed by atoms with Crippen LogP contribution in [-0.2, 0) is 18.3 Å². The molecule has 0 unspecified atom stereocenters. The van der Waals surface area contributed by atoms with Gasteiger partial charge in [-0.05, 0) is 44.0 Å². The summed E-state index contributed by atoms with van der Waals surface area (Å²) in [6.45, 7) is 6.24. The first-order valence-corrected chi connectivity index (χ1v) is 6.96. The first-order chi connectivity index (χ1) is 9.47. The first kappa shape index (κ1) is 14.4. The maximum Gasteiger partial charge on any atom is 0.216 e. The summed E-state index contributed by atoms with van der Waals surface area (Å²) in [5.74, 6) is 0.897. The number of aromatic nitrogens is 1. The summed E-state index contributed by atoms with van der Waals surface area (Å²) in [7, 11) is 2.03. The van der Waals surface area contributed by atoms with Gasteiger partial charge in [0.05, 0.1) is 6.10 Å². The van der Waals surface area contributed by atoms with Gasteiger partial charge in [0.25, 0.3) is 0 Å². The Bertz CT molecular complexity index is 614. The lowest BCUT2D eigenvalue weighted by Crippen LogP contribution is -2.22. The molecule has 1 amide bonds. The molecule has 0 bridgehead atoms. The molecule has 0 saturated heterocycles. The molecular formula is C16H22N2O2. The van der Waals surface area contributed by atoms with Crippen molar-refractivity contribution in [3.8, 4) is 5.75 Å². The summed E-state index contributed by atoms with van der Waals surface area (Å²) < 4.78 is 7.86. The quantitative estimate of drug-likeness (QED) is 0.911. The van der Waals surface area contributed by atoms with Crippen molar-refractivity contribution >= 4 is 16.8 Å². The van der Waals surface area contributed by atoms with E-state index in [4.69, 9.17) is 4.74 Å². The van der Waals surface area contributed by atoms with Crippen molar-refractivity contribution in [1.29, 1.82) is 0 Å². The number of nitrogens with zero attached hydrogens (tertiary/aromatic N) is 1. The predicted octanol–water partition coefficient (Wildman–Crippen LogP) is 2.64. The first-order valence-electron chi connectivity index (χ1n) is 6.96. The van der Waals surface area contributed by atoms with E-state index < -0.39 is 0 Å². The van der Waals surface area contributed by atoms with Gasteiger partial charge in [-0.15, -0.1) is 0 Å². The summed E-state index contributed by atoms with van der Waals surface area (Å²) in [5, 5.41) is 4.03. The van der Waals surface area contributed by atoms with Gasteiger partial charge in [-0.25, -0.2) is 0 Å². The van der Waals surface area contributed by atoms with E-state index in [0.717, 1.165) is 12.2 Å². The third-order valence-electron chi connectivity index (χ3n) is 3.18. The minimum atomic E-state index is 0.00840. The summed E-state index contributed by atoms with van der Waals surface area (Å²) in [5.41, 5.74) is 2.41. The van der Waals surface area contributed by atoms with E-state index in [1.54, 1.807) is 0 Å². The summed E-state index contributed by atoms with van der Waals surface area (Å²) in [4.78, 5) is 10.9. The molecule has 0 aliphatic heterocycles. The zero-order valence-electron chi connectivity index (χ0n) is 12.6. The Balaban J connectivity index is 2.26. The number of amides is 1. The van der Waals surface area contributed by atoms with Crippen LogP contribution in [-0.4, -0.2) is 23.1 Å². The van der Waals surface area contributed by atoms with Crippen molar-refractivity contribution in [2.75, 3.05) is 6.54 Å². The summed E-state index contributed by atoms with van der Waals surface area (Å²) >= 11 is 0. The number of ether oxygens (including phenoxy) is 1. The van der Waals surface area contributed by atoms with E-state index in [0.29, 0.717) is 6.54 Å². The average Bonchev–Trinajstić information content (AvgIpc) is 2.65. The molecule has 4 nitrogen and oxygen atoms in total. The van der Waals surface area contributed by atoms with Crippen LogP contribution < -0.4 is 10.1 Å². The molecule has 1 heterocycles. The van der Waals surface area contributed by atoms with Gasteiger partial charge < -0.3 is 14.6 Å². The molecule has 0 fully saturated rings. The third kappa shape index (κ3) is 3.32. The molecule has 0 radical (unpaired) electrons. The van der Waals surface area contributed by atoms with Gasteiger partial charge in [-0.1, -0.05) is 0 Å². The zero-order chi connectivity index (χ0) is 14.7. The number of carbonyl (C=O) groups is 1. The van der Waals surface area contributed by atoms with Crippen LogP contribution in [0, 0.1) is 0 Å². The van der Waals surface area contributed by atoms with E-state index in [2.05, 4.69) is 28.2 Å². The Morgan fingerprint density at radius 1 is 1.40 bits per heavy atom. The second kappa shape index (κ2) is 5.99. The van der Waals surface area contributed by atoms with Crippen molar-refractivity contribution in [1.82, 2.24) is 9.88 Å². The van der Waals surface area contributed by atoms with Crippen LogP contribution in [0.15, 0.2) is 24.4 Å². The zero-order valence-corrected chi connectivity index (χ0v) is 12.6. The standard InChI is InChI=1S/C16H22N2O2/c1-11(2)20-14-5-6-16-15(9-14)13(10-18(16)4)7-8-17-12(3)19/h5-6,9-11H,7-8H2,1-4H3,(H,17,19). The highest BCUT2D eigenvalue weighted by Gasteiger charge is 2.08. The van der Waals surface area contributed by atoms with Gasteiger partial charge in [0.1, 0.15) is 5.75 Å². The molecule has 20 heavy (non-hydrogen) atoms. The molecule has 108 valence electrons. The van der Waals surface area contributed by atoms with Crippen LogP contribution in [0.4, 0.5) is 0 Å². The van der Waals surface area contributed by atoms with Gasteiger partial charge in [0, 0.05) is 37.6 Å². The van der Waals surface area contributed by atoms with Crippen molar-refractivity contribution in [2.24, 2.45) is 7.05 Å². The van der Waals surface area contributed by atoms with Crippen LogP contribution in [0.25, 0.3) is 10.9 Å². The van der Waals surface area contributed by atoms with Crippen LogP contribution >= 0.6 is 0 Å². The smallest absolute Gasteiger partial charge is 0.216 e. The monoisotopic (exact) mass is 274 g/mol. The number of aryl methyl sites for hydroxylation is 1. The number of benzene rings is 1. The van der Waals surface area contributed by atoms with Crippen LogP contribution in [0.1, 0.15) is 26.3 Å². The van der Waals surface area contributed by atoms with Crippen molar-refractivity contribution in [3.63, 3.8) is 0 Å². The highest BCUT2D eigenvalue weighted by molar-refractivity contribution is 5.85. The number of hydrogen-bond donors (Lipinski definition) is 1. The van der Waals surface area contributed by atoms with Gasteiger partial charge >= 0.3 is 0 Å². The van der Waals surface area contributed by atoms with Crippen LogP contribution in [0.5, 0.6) is 5.75 Å². The molecule has 2 rings (SSSR count). The highest BCUT2D eigenvalue weighted by Crippen LogP contribution is 2.26. The Morgan fingerprint density at radius 3 is 2.80 bits per heavy atom. The molecule has 1 aromatic carbocycles. The average molecular weight is 274 g/mol.